The van der Waals surface area contributed by atoms with Crippen molar-refractivity contribution >= 4 is 17.7 Å². The van der Waals surface area contributed by atoms with E-state index in [1.165, 1.54) is 0 Å². The molecule has 1 fully saturated rings. The van der Waals surface area contributed by atoms with Crippen molar-refractivity contribution in [3.63, 3.8) is 0 Å². The fourth-order valence-electron chi connectivity index (χ4n) is 2.34. The highest BCUT2D eigenvalue weighted by molar-refractivity contribution is 7.99. The molecule has 0 bridgehead atoms. The molecular weight excluding hydrogens is 270 g/mol. The van der Waals surface area contributed by atoms with E-state index in [9.17, 15) is 9.90 Å². The summed E-state index contributed by atoms with van der Waals surface area (Å²) in [6, 6.07) is 9.95. The monoisotopic (exact) mass is 293 g/mol. The van der Waals surface area contributed by atoms with Crippen LogP contribution in [0.25, 0.3) is 0 Å². The van der Waals surface area contributed by atoms with Gasteiger partial charge in [0.2, 0.25) is 0 Å². The Morgan fingerprint density at radius 2 is 2.05 bits per heavy atom. The summed E-state index contributed by atoms with van der Waals surface area (Å²) in [4.78, 5) is 12.0. The lowest BCUT2D eigenvalue weighted by atomic mass is 9.87. The summed E-state index contributed by atoms with van der Waals surface area (Å²) in [6.45, 7) is 4.29. The van der Waals surface area contributed by atoms with Crippen LogP contribution in [0.4, 0.5) is 0 Å². The summed E-state index contributed by atoms with van der Waals surface area (Å²) >= 11 is 1.81. The first-order valence-corrected chi connectivity index (χ1v) is 8.27. The predicted octanol–water partition coefficient (Wildman–Crippen LogP) is 3.25. The molecule has 1 aromatic carbocycles. The molecular formula is C16H23NO2S. The maximum Gasteiger partial charge on any atom is 0.328 e. The van der Waals surface area contributed by atoms with Crippen LogP contribution < -0.4 is 5.32 Å². The maximum absolute atomic E-state index is 12.0. The third-order valence-corrected chi connectivity index (χ3v) is 4.69. The SMILES string of the molecule is CC(C)SCCC(NC1CC1)(C(=O)O)c1ccccc1. The van der Waals surface area contributed by atoms with E-state index in [-0.39, 0.29) is 0 Å². The molecule has 110 valence electrons. The van der Waals surface area contributed by atoms with Crippen LogP contribution in [-0.4, -0.2) is 28.1 Å². The number of hydrogen-bond donors (Lipinski definition) is 2. The first-order chi connectivity index (χ1) is 9.54. The number of nitrogens with one attached hydrogen (secondary N) is 1. The normalized spacial score (nSPS) is 17.9. The minimum atomic E-state index is -0.940. The topological polar surface area (TPSA) is 49.3 Å². The standard InChI is InChI=1S/C16H23NO2S/c1-12(2)20-11-10-16(15(18)19,17-14-8-9-14)13-6-4-3-5-7-13/h3-7,12,14,17H,8-11H2,1-2H3,(H,18,19). The highest BCUT2D eigenvalue weighted by Gasteiger charge is 2.43. The molecule has 0 saturated heterocycles. The van der Waals surface area contributed by atoms with Gasteiger partial charge in [0.05, 0.1) is 0 Å². The van der Waals surface area contributed by atoms with E-state index >= 15 is 0 Å². The van der Waals surface area contributed by atoms with Gasteiger partial charge >= 0.3 is 5.97 Å². The number of rotatable bonds is 8. The second-order valence-electron chi connectivity index (χ2n) is 5.66. The van der Waals surface area contributed by atoms with E-state index in [2.05, 4.69) is 19.2 Å². The number of benzene rings is 1. The number of aliphatic carboxylic acids is 1. The lowest BCUT2D eigenvalue weighted by Crippen LogP contribution is -2.50. The molecule has 0 amide bonds. The van der Waals surface area contributed by atoms with Crippen LogP contribution in [0.3, 0.4) is 0 Å². The lowest BCUT2D eigenvalue weighted by Gasteiger charge is -2.31. The smallest absolute Gasteiger partial charge is 0.328 e. The Hall–Kier alpha value is -1.00. The fourth-order valence-corrected chi connectivity index (χ4v) is 3.23. The number of hydrogen-bond acceptors (Lipinski definition) is 3. The van der Waals surface area contributed by atoms with Crippen molar-refractivity contribution in [3.8, 4) is 0 Å². The molecule has 1 aliphatic carbocycles. The minimum absolute atomic E-state index is 0.357. The van der Waals surface area contributed by atoms with Crippen molar-refractivity contribution < 1.29 is 9.90 Å². The first kappa shape index (κ1) is 15.4. The summed E-state index contributed by atoms with van der Waals surface area (Å²) in [5.41, 5.74) is -0.0756. The van der Waals surface area contributed by atoms with Gasteiger partial charge in [-0.15, -0.1) is 0 Å². The zero-order valence-electron chi connectivity index (χ0n) is 12.1. The van der Waals surface area contributed by atoms with E-state index in [0.717, 1.165) is 24.2 Å². The molecule has 2 N–H and O–H groups in total. The predicted molar refractivity (Wildman–Crippen MR) is 84.1 cm³/mol. The molecule has 1 aliphatic rings. The third kappa shape index (κ3) is 3.76. The second kappa shape index (κ2) is 6.64. The van der Waals surface area contributed by atoms with Crippen LogP contribution in [-0.2, 0) is 10.3 Å². The van der Waals surface area contributed by atoms with Gasteiger partial charge in [-0.1, -0.05) is 44.2 Å². The van der Waals surface area contributed by atoms with Crippen LogP contribution in [0.5, 0.6) is 0 Å². The third-order valence-electron chi connectivity index (χ3n) is 3.59. The highest BCUT2D eigenvalue weighted by atomic mass is 32.2. The molecule has 4 heteroatoms. The van der Waals surface area contributed by atoms with Gasteiger partial charge in [-0.05, 0) is 35.8 Å². The van der Waals surface area contributed by atoms with Gasteiger partial charge in [0.1, 0.15) is 5.54 Å². The van der Waals surface area contributed by atoms with Crippen LogP contribution >= 0.6 is 11.8 Å². The molecule has 0 heterocycles. The summed E-state index contributed by atoms with van der Waals surface area (Å²) < 4.78 is 0. The number of thioether (sulfide) groups is 1. The lowest BCUT2D eigenvalue weighted by molar-refractivity contribution is -0.145. The molecule has 0 aliphatic heterocycles. The van der Waals surface area contributed by atoms with Crippen molar-refractivity contribution in [3.05, 3.63) is 35.9 Å². The minimum Gasteiger partial charge on any atom is -0.480 e. The van der Waals surface area contributed by atoms with Gasteiger partial charge in [-0.2, -0.15) is 11.8 Å². The largest absolute Gasteiger partial charge is 0.480 e. The summed E-state index contributed by atoms with van der Waals surface area (Å²) in [5.74, 6) is 0.0819. The summed E-state index contributed by atoms with van der Waals surface area (Å²) in [7, 11) is 0. The van der Waals surface area contributed by atoms with E-state index in [0.29, 0.717) is 17.7 Å². The van der Waals surface area contributed by atoms with E-state index in [1.54, 1.807) is 0 Å². The van der Waals surface area contributed by atoms with Crippen molar-refractivity contribution in [2.24, 2.45) is 0 Å². The number of carboxylic acid groups (broad SMARTS) is 1. The molecule has 0 spiro atoms. The average molecular weight is 293 g/mol. The molecule has 1 unspecified atom stereocenters. The molecule has 1 saturated carbocycles. The molecule has 1 atom stereocenters. The Morgan fingerprint density at radius 3 is 2.55 bits per heavy atom. The van der Waals surface area contributed by atoms with Gasteiger partial charge in [0, 0.05) is 6.04 Å². The van der Waals surface area contributed by atoms with E-state index < -0.39 is 11.5 Å². The van der Waals surface area contributed by atoms with Crippen LogP contribution in [0.15, 0.2) is 30.3 Å². The van der Waals surface area contributed by atoms with Gasteiger partial charge in [-0.25, -0.2) is 4.79 Å². The van der Waals surface area contributed by atoms with Gasteiger partial charge in [0.25, 0.3) is 0 Å². The summed E-state index contributed by atoms with van der Waals surface area (Å²) in [5, 5.41) is 13.8. The Balaban J connectivity index is 2.21. The quantitative estimate of drug-likeness (QED) is 0.772. The van der Waals surface area contributed by atoms with Crippen molar-refractivity contribution in [1.82, 2.24) is 5.32 Å². The van der Waals surface area contributed by atoms with E-state index in [4.69, 9.17) is 0 Å². The molecule has 0 radical (unpaired) electrons. The van der Waals surface area contributed by atoms with Crippen LogP contribution in [0.2, 0.25) is 0 Å². The Labute approximate surface area is 125 Å². The Morgan fingerprint density at radius 1 is 1.40 bits per heavy atom. The summed E-state index contributed by atoms with van der Waals surface area (Å²) in [6.07, 6.45) is 2.78. The number of carbonyl (C=O) groups is 1. The highest BCUT2D eigenvalue weighted by Crippen LogP contribution is 2.33. The van der Waals surface area contributed by atoms with E-state index in [1.807, 2.05) is 42.1 Å². The molecule has 1 aromatic rings. The molecule has 2 rings (SSSR count). The Kier molecular flexibility index (Phi) is 5.11. The van der Waals surface area contributed by atoms with Crippen LogP contribution in [0.1, 0.15) is 38.7 Å². The molecule has 0 aromatic heterocycles. The molecule has 3 nitrogen and oxygen atoms in total. The average Bonchev–Trinajstić information content (AvgIpc) is 3.21. The van der Waals surface area contributed by atoms with Crippen molar-refractivity contribution in [2.75, 3.05) is 5.75 Å². The van der Waals surface area contributed by atoms with Gasteiger partial charge in [-0.3, -0.25) is 5.32 Å². The van der Waals surface area contributed by atoms with Gasteiger partial charge < -0.3 is 5.11 Å². The molecule has 20 heavy (non-hydrogen) atoms. The zero-order chi connectivity index (χ0) is 14.6. The second-order valence-corrected chi connectivity index (χ2v) is 7.35. The first-order valence-electron chi connectivity index (χ1n) is 7.23. The van der Waals surface area contributed by atoms with Crippen LogP contribution in [0, 0.1) is 0 Å². The number of carboxylic acids is 1. The van der Waals surface area contributed by atoms with Gasteiger partial charge in [0.15, 0.2) is 0 Å². The fraction of sp³-hybridized carbons (Fsp3) is 0.562. The zero-order valence-corrected chi connectivity index (χ0v) is 13.0. The maximum atomic E-state index is 12.0. The Bertz CT molecular complexity index is 445. The van der Waals surface area contributed by atoms with Crippen molar-refractivity contribution in [2.45, 2.75) is 49.9 Å². The van der Waals surface area contributed by atoms with Crippen molar-refractivity contribution in [1.29, 1.82) is 0 Å².